The molecule has 3 unspecified atom stereocenters. The van der Waals surface area contributed by atoms with Crippen LogP contribution in [0.2, 0.25) is 0 Å². The molecular weight excluding hydrogens is 314 g/mol. The van der Waals surface area contributed by atoms with Gasteiger partial charge in [-0.05, 0) is 44.4 Å². The van der Waals surface area contributed by atoms with E-state index >= 15 is 0 Å². The summed E-state index contributed by atoms with van der Waals surface area (Å²) in [6.07, 6.45) is 2.68. The molecule has 2 fully saturated rings. The Kier molecular flexibility index (Phi) is 6.45. The van der Waals surface area contributed by atoms with Crippen LogP contribution < -0.4 is 10.6 Å². The summed E-state index contributed by atoms with van der Waals surface area (Å²) < 4.78 is 5.79. The minimum absolute atomic E-state index is 0.123. The van der Waals surface area contributed by atoms with E-state index in [2.05, 4.69) is 53.6 Å². The third-order valence-electron chi connectivity index (χ3n) is 5.06. The molecule has 0 radical (unpaired) electrons. The van der Waals surface area contributed by atoms with Crippen molar-refractivity contribution in [1.82, 2.24) is 15.5 Å². The molecule has 1 amide bonds. The molecular formula is C20H31N3O2. The van der Waals surface area contributed by atoms with Gasteiger partial charge in [0.15, 0.2) is 0 Å². The summed E-state index contributed by atoms with van der Waals surface area (Å²) in [4.78, 5) is 14.6. The third kappa shape index (κ3) is 5.53. The topological polar surface area (TPSA) is 53.6 Å². The smallest absolute Gasteiger partial charge is 0.224 e. The molecule has 0 saturated carbocycles. The van der Waals surface area contributed by atoms with E-state index < -0.39 is 0 Å². The monoisotopic (exact) mass is 345 g/mol. The molecule has 1 aromatic rings. The number of carbonyl (C=O) groups excluding carboxylic acids is 1. The summed E-state index contributed by atoms with van der Waals surface area (Å²) in [6.45, 7) is 9.65. The van der Waals surface area contributed by atoms with Crippen molar-refractivity contribution in [2.75, 3.05) is 26.2 Å². The number of hydrogen-bond acceptors (Lipinski definition) is 4. The Hall–Kier alpha value is -1.43. The molecule has 1 aromatic carbocycles. The van der Waals surface area contributed by atoms with Crippen molar-refractivity contribution in [2.45, 2.75) is 52.0 Å². The summed E-state index contributed by atoms with van der Waals surface area (Å²) in [5.41, 5.74) is 2.47. The second-order valence-electron chi connectivity index (χ2n) is 7.53. The first-order valence-electron chi connectivity index (χ1n) is 9.54. The van der Waals surface area contributed by atoms with E-state index in [1.54, 1.807) is 0 Å². The lowest BCUT2D eigenvalue weighted by Gasteiger charge is -2.35. The average Bonchev–Trinajstić information content (AvgIpc) is 2.61. The summed E-state index contributed by atoms with van der Waals surface area (Å²) in [5.74, 6) is 0.297. The molecule has 2 heterocycles. The van der Waals surface area contributed by atoms with Crippen LogP contribution in [0.3, 0.4) is 0 Å². The second-order valence-corrected chi connectivity index (χ2v) is 7.53. The molecule has 2 aliphatic rings. The normalized spacial score (nSPS) is 27.8. The van der Waals surface area contributed by atoms with Gasteiger partial charge in [-0.15, -0.1) is 0 Å². The quantitative estimate of drug-likeness (QED) is 0.856. The maximum absolute atomic E-state index is 12.2. The van der Waals surface area contributed by atoms with Crippen LogP contribution >= 0.6 is 0 Å². The van der Waals surface area contributed by atoms with Crippen LogP contribution in [0.5, 0.6) is 0 Å². The van der Waals surface area contributed by atoms with Gasteiger partial charge in [-0.1, -0.05) is 24.3 Å². The van der Waals surface area contributed by atoms with Crippen LogP contribution in [0.4, 0.5) is 0 Å². The fourth-order valence-corrected chi connectivity index (χ4v) is 3.84. The highest BCUT2D eigenvalue weighted by Crippen LogP contribution is 2.15. The van der Waals surface area contributed by atoms with Gasteiger partial charge in [0.05, 0.1) is 18.1 Å². The standard InChI is InChI=1S/C20H31N3O2/c1-15-12-23(13-16(2)25-15)14-18-7-5-17(6-8-18)10-22-20(24)19-4-3-9-21-11-19/h5-8,15-16,19,21H,3-4,9-14H2,1-2H3,(H,22,24). The first kappa shape index (κ1) is 18.4. The van der Waals surface area contributed by atoms with Crippen molar-refractivity contribution >= 4 is 5.91 Å². The Labute approximate surface area is 151 Å². The molecule has 3 rings (SSSR count). The summed E-state index contributed by atoms with van der Waals surface area (Å²) in [6, 6.07) is 8.60. The van der Waals surface area contributed by atoms with Gasteiger partial charge in [0.1, 0.15) is 0 Å². The Bertz CT molecular complexity index is 545. The fourth-order valence-electron chi connectivity index (χ4n) is 3.84. The lowest BCUT2D eigenvalue weighted by Crippen LogP contribution is -2.44. The van der Waals surface area contributed by atoms with Gasteiger partial charge in [-0.25, -0.2) is 0 Å². The van der Waals surface area contributed by atoms with Crippen LogP contribution in [0.25, 0.3) is 0 Å². The minimum atomic E-state index is 0.123. The van der Waals surface area contributed by atoms with Gasteiger partial charge >= 0.3 is 0 Å². The third-order valence-corrected chi connectivity index (χ3v) is 5.06. The van der Waals surface area contributed by atoms with Gasteiger partial charge < -0.3 is 15.4 Å². The number of carbonyl (C=O) groups is 1. The highest BCUT2D eigenvalue weighted by Gasteiger charge is 2.22. The molecule has 138 valence electrons. The van der Waals surface area contributed by atoms with Crippen molar-refractivity contribution in [3.63, 3.8) is 0 Å². The summed E-state index contributed by atoms with van der Waals surface area (Å²) in [7, 11) is 0. The molecule has 2 N–H and O–H groups in total. The molecule has 2 saturated heterocycles. The number of morpholine rings is 1. The van der Waals surface area contributed by atoms with Crippen molar-refractivity contribution in [3.8, 4) is 0 Å². The van der Waals surface area contributed by atoms with Crippen LogP contribution in [-0.2, 0) is 22.6 Å². The van der Waals surface area contributed by atoms with Gasteiger partial charge in [-0.2, -0.15) is 0 Å². The van der Waals surface area contributed by atoms with Gasteiger partial charge in [0, 0.05) is 32.7 Å². The predicted octanol–water partition coefficient (Wildman–Crippen LogP) is 1.91. The number of ether oxygens (including phenoxy) is 1. The number of piperidine rings is 1. The first-order valence-corrected chi connectivity index (χ1v) is 9.54. The van der Waals surface area contributed by atoms with E-state index in [1.165, 1.54) is 5.56 Å². The summed E-state index contributed by atoms with van der Waals surface area (Å²) in [5, 5.41) is 6.37. The molecule has 0 spiro atoms. The Morgan fingerprint density at radius 2 is 1.88 bits per heavy atom. The van der Waals surface area contributed by atoms with Crippen LogP contribution in [0.15, 0.2) is 24.3 Å². The Morgan fingerprint density at radius 3 is 2.52 bits per heavy atom. The van der Waals surface area contributed by atoms with Crippen LogP contribution in [-0.4, -0.2) is 49.2 Å². The van der Waals surface area contributed by atoms with E-state index in [0.29, 0.717) is 18.8 Å². The average molecular weight is 345 g/mol. The number of hydrogen-bond donors (Lipinski definition) is 2. The highest BCUT2D eigenvalue weighted by atomic mass is 16.5. The second kappa shape index (κ2) is 8.79. The van der Waals surface area contributed by atoms with Crippen LogP contribution in [0.1, 0.15) is 37.8 Å². The lowest BCUT2D eigenvalue weighted by atomic mass is 9.99. The van der Waals surface area contributed by atoms with Crippen molar-refractivity contribution < 1.29 is 9.53 Å². The number of nitrogens with zero attached hydrogens (tertiary/aromatic N) is 1. The maximum Gasteiger partial charge on any atom is 0.224 e. The number of rotatable bonds is 5. The molecule has 2 aliphatic heterocycles. The largest absolute Gasteiger partial charge is 0.373 e. The zero-order valence-electron chi connectivity index (χ0n) is 15.5. The van der Waals surface area contributed by atoms with Gasteiger partial charge in [0.2, 0.25) is 5.91 Å². The van der Waals surface area contributed by atoms with Crippen LogP contribution in [0, 0.1) is 5.92 Å². The van der Waals surface area contributed by atoms with E-state index in [4.69, 9.17) is 4.74 Å². The van der Waals surface area contributed by atoms with Crippen molar-refractivity contribution in [2.24, 2.45) is 5.92 Å². The summed E-state index contributed by atoms with van der Waals surface area (Å²) >= 11 is 0. The molecule has 0 aliphatic carbocycles. The molecule has 5 nitrogen and oxygen atoms in total. The zero-order valence-corrected chi connectivity index (χ0v) is 15.5. The highest BCUT2D eigenvalue weighted by molar-refractivity contribution is 5.78. The fraction of sp³-hybridized carbons (Fsp3) is 0.650. The van der Waals surface area contributed by atoms with Gasteiger partial charge in [0.25, 0.3) is 0 Å². The molecule has 25 heavy (non-hydrogen) atoms. The number of benzene rings is 1. The predicted molar refractivity (Wildman–Crippen MR) is 99.2 cm³/mol. The molecule has 3 atom stereocenters. The van der Waals surface area contributed by atoms with Gasteiger partial charge in [-0.3, -0.25) is 9.69 Å². The lowest BCUT2D eigenvalue weighted by molar-refractivity contribution is -0.125. The van der Waals surface area contributed by atoms with E-state index in [1.807, 2.05) is 0 Å². The Morgan fingerprint density at radius 1 is 1.20 bits per heavy atom. The van der Waals surface area contributed by atoms with Crippen molar-refractivity contribution in [1.29, 1.82) is 0 Å². The van der Waals surface area contributed by atoms with E-state index in [0.717, 1.165) is 51.1 Å². The maximum atomic E-state index is 12.2. The first-order chi connectivity index (χ1) is 12.1. The van der Waals surface area contributed by atoms with Crippen molar-refractivity contribution in [3.05, 3.63) is 35.4 Å². The number of nitrogens with one attached hydrogen (secondary N) is 2. The molecule has 0 bridgehead atoms. The molecule has 0 aromatic heterocycles. The SMILES string of the molecule is CC1CN(Cc2ccc(CNC(=O)C3CCCNC3)cc2)CC(C)O1. The van der Waals surface area contributed by atoms with E-state index in [9.17, 15) is 4.79 Å². The molecule has 5 heteroatoms. The number of amides is 1. The zero-order chi connectivity index (χ0) is 17.6. The Balaban J connectivity index is 1.46. The minimum Gasteiger partial charge on any atom is -0.373 e. The van der Waals surface area contributed by atoms with E-state index in [-0.39, 0.29) is 11.8 Å².